The number of anilines is 1. The second-order valence-corrected chi connectivity index (χ2v) is 3.99. The summed E-state index contributed by atoms with van der Waals surface area (Å²) in [6.07, 6.45) is 1.63. The molecule has 0 saturated carbocycles. The lowest BCUT2D eigenvalue weighted by Crippen LogP contribution is -2.26. The predicted molar refractivity (Wildman–Crippen MR) is 65.7 cm³/mol. The van der Waals surface area contributed by atoms with Gasteiger partial charge >= 0.3 is 5.69 Å². The normalized spacial score (nSPS) is 10.5. The molecule has 5 heteroatoms. The van der Waals surface area contributed by atoms with E-state index >= 15 is 0 Å². The zero-order chi connectivity index (χ0) is 12.4. The maximum Gasteiger partial charge on any atom is 0.348 e. The summed E-state index contributed by atoms with van der Waals surface area (Å²) in [4.78, 5) is 19.8. The van der Waals surface area contributed by atoms with Gasteiger partial charge in [-0.3, -0.25) is 9.55 Å². The first kappa shape index (κ1) is 11.3. The molecule has 0 bridgehead atoms. The van der Waals surface area contributed by atoms with Crippen LogP contribution in [0.3, 0.4) is 0 Å². The van der Waals surface area contributed by atoms with Crippen LogP contribution in [0.15, 0.2) is 29.2 Å². The van der Waals surface area contributed by atoms with Gasteiger partial charge < -0.3 is 5.73 Å². The number of hydrogen-bond acceptors (Lipinski definition) is 4. The number of hydrogen-bond donors (Lipinski definition) is 1. The van der Waals surface area contributed by atoms with Crippen LogP contribution < -0.4 is 11.4 Å². The Morgan fingerprint density at radius 2 is 2.12 bits per heavy atom. The lowest BCUT2D eigenvalue weighted by molar-refractivity contribution is 0.681. The van der Waals surface area contributed by atoms with E-state index in [0.29, 0.717) is 12.2 Å². The van der Waals surface area contributed by atoms with Gasteiger partial charge in [0.05, 0.1) is 12.2 Å². The quantitative estimate of drug-likeness (QED) is 0.831. The van der Waals surface area contributed by atoms with E-state index in [2.05, 4.69) is 9.97 Å². The van der Waals surface area contributed by atoms with Crippen LogP contribution in [0.4, 0.5) is 5.69 Å². The van der Waals surface area contributed by atoms with E-state index < -0.39 is 0 Å². The summed E-state index contributed by atoms with van der Waals surface area (Å²) in [5.74, 6) is 0. The molecule has 2 aromatic heterocycles. The van der Waals surface area contributed by atoms with Crippen LogP contribution in [0.1, 0.15) is 17.1 Å². The van der Waals surface area contributed by atoms with E-state index in [1.807, 2.05) is 13.0 Å². The summed E-state index contributed by atoms with van der Waals surface area (Å²) in [6.45, 7) is 4.07. The van der Waals surface area contributed by atoms with Crippen LogP contribution in [-0.2, 0) is 6.54 Å². The molecule has 2 N–H and O–H groups in total. The standard InChI is InChI=1S/C12H14N4O/c1-8-5-9(2)16(12(17)15-8)7-11-6-10(13)3-4-14-11/h3-6H,7H2,1-2H3,(H2,13,14). The molecule has 0 amide bonds. The lowest BCUT2D eigenvalue weighted by Gasteiger charge is -2.09. The molecule has 5 nitrogen and oxygen atoms in total. The van der Waals surface area contributed by atoms with Crippen molar-refractivity contribution in [3.63, 3.8) is 0 Å². The van der Waals surface area contributed by atoms with E-state index in [0.717, 1.165) is 17.1 Å². The molecule has 0 aliphatic heterocycles. The van der Waals surface area contributed by atoms with Gasteiger partial charge in [-0.05, 0) is 32.0 Å². The monoisotopic (exact) mass is 230 g/mol. The van der Waals surface area contributed by atoms with E-state index in [1.54, 1.807) is 29.8 Å². The molecule has 0 saturated heterocycles. The third-order valence-corrected chi connectivity index (χ3v) is 2.51. The zero-order valence-corrected chi connectivity index (χ0v) is 9.84. The van der Waals surface area contributed by atoms with Crippen LogP contribution in [0.5, 0.6) is 0 Å². The maximum atomic E-state index is 11.7. The van der Waals surface area contributed by atoms with Crippen molar-refractivity contribution in [3.8, 4) is 0 Å². The second kappa shape index (κ2) is 4.37. The number of aryl methyl sites for hydroxylation is 2. The molecule has 0 fully saturated rings. The Morgan fingerprint density at radius 1 is 1.35 bits per heavy atom. The molecule has 17 heavy (non-hydrogen) atoms. The Labute approximate surface area is 99.0 Å². The van der Waals surface area contributed by atoms with Gasteiger partial charge in [0.25, 0.3) is 0 Å². The van der Waals surface area contributed by atoms with Crippen molar-refractivity contribution in [3.05, 3.63) is 52.0 Å². The van der Waals surface area contributed by atoms with Crippen molar-refractivity contribution in [1.29, 1.82) is 0 Å². The van der Waals surface area contributed by atoms with Crippen molar-refractivity contribution >= 4 is 5.69 Å². The van der Waals surface area contributed by atoms with Gasteiger partial charge in [-0.15, -0.1) is 0 Å². The first-order valence-corrected chi connectivity index (χ1v) is 5.32. The van der Waals surface area contributed by atoms with Crippen molar-refractivity contribution in [1.82, 2.24) is 14.5 Å². The fourth-order valence-electron chi connectivity index (χ4n) is 1.71. The molecule has 88 valence electrons. The van der Waals surface area contributed by atoms with Crippen LogP contribution in [0, 0.1) is 13.8 Å². The van der Waals surface area contributed by atoms with Gasteiger partial charge in [-0.25, -0.2) is 4.79 Å². The Morgan fingerprint density at radius 3 is 2.76 bits per heavy atom. The number of rotatable bonds is 2. The third kappa shape index (κ3) is 2.50. The molecule has 2 heterocycles. The van der Waals surface area contributed by atoms with Crippen molar-refractivity contribution in [2.24, 2.45) is 0 Å². The zero-order valence-electron chi connectivity index (χ0n) is 9.84. The SMILES string of the molecule is Cc1cc(C)n(Cc2cc(N)ccn2)c(=O)n1. The highest BCUT2D eigenvalue weighted by atomic mass is 16.1. The van der Waals surface area contributed by atoms with Crippen molar-refractivity contribution < 1.29 is 0 Å². The van der Waals surface area contributed by atoms with Gasteiger partial charge in [0.2, 0.25) is 0 Å². The Hall–Kier alpha value is -2.17. The number of nitrogens with two attached hydrogens (primary N) is 1. The van der Waals surface area contributed by atoms with E-state index in [1.165, 1.54) is 0 Å². The minimum atomic E-state index is -0.258. The molecule has 0 aliphatic carbocycles. The highest BCUT2D eigenvalue weighted by Crippen LogP contribution is 2.05. The molecule has 0 unspecified atom stereocenters. The van der Waals surface area contributed by atoms with Crippen LogP contribution in [-0.4, -0.2) is 14.5 Å². The number of nitrogens with zero attached hydrogens (tertiary/aromatic N) is 3. The summed E-state index contributed by atoms with van der Waals surface area (Å²) in [7, 11) is 0. The number of nitrogen functional groups attached to an aromatic ring is 1. The minimum Gasteiger partial charge on any atom is -0.399 e. The van der Waals surface area contributed by atoms with E-state index in [-0.39, 0.29) is 5.69 Å². The van der Waals surface area contributed by atoms with E-state index in [4.69, 9.17) is 5.73 Å². The van der Waals surface area contributed by atoms with E-state index in [9.17, 15) is 4.79 Å². The van der Waals surface area contributed by atoms with Gasteiger partial charge in [0, 0.05) is 23.3 Å². The summed E-state index contributed by atoms with van der Waals surface area (Å²) >= 11 is 0. The van der Waals surface area contributed by atoms with Gasteiger partial charge in [0.1, 0.15) is 0 Å². The first-order valence-electron chi connectivity index (χ1n) is 5.32. The van der Waals surface area contributed by atoms with Gasteiger partial charge in [-0.2, -0.15) is 4.98 Å². The molecule has 0 spiro atoms. The van der Waals surface area contributed by atoms with Crippen LogP contribution in [0.25, 0.3) is 0 Å². The Balaban J connectivity index is 2.40. The second-order valence-electron chi connectivity index (χ2n) is 3.99. The van der Waals surface area contributed by atoms with Crippen LogP contribution >= 0.6 is 0 Å². The van der Waals surface area contributed by atoms with Gasteiger partial charge in [-0.1, -0.05) is 0 Å². The fourth-order valence-corrected chi connectivity index (χ4v) is 1.71. The first-order chi connectivity index (χ1) is 8.06. The Kier molecular flexibility index (Phi) is 2.91. The molecular formula is C12H14N4O. The minimum absolute atomic E-state index is 0.258. The van der Waals surface area contributed by atoms with Crippen molar-refractivity contribution in [2.75, 3.05) is 5.73 Å². The topological polar surface area (TPSA) is 73.8 Å². The van der Waals surface area contributed by atoms with Crippen molar-refractivity contribution in [2.45, 2.75) is 20.4 Å². The average Bonchev–Trinajstić information content (AvgIpc) is 2.23. The Bertz CT molecular complexity index is 604. The van der Waals surface area contributed by atoms with Gasteiger partial charge in [0.15, 0.2) is 0 Å². The molecular weight excluding hydrogens is 216 g/mol. The molecule has 0 aromatic carbocycles. The predicted octanol–water partition coefficient (Wildman–Crippen LogP) is 0.886. The van der Waals surface area contributed by atoms with Crippen LogP contribution in [0.2, 0.25) is 0 Å². The summed E-state index contributed by atoms with van der Waals surface area (Å²) in [5, 5.41) is 0. The third-order valence-electron chi connectivity index (χ3n) is 2.51. The molecule has 0 radical (unpaired) electrons. The maximum absolute atomic E-state index is 11.7. The number of aromatic nitrogens is 3. The molecule has 0 atom stereocenters. The largest absolute Gasteiger partial charge is 0.399 e. The highest BCUT2D eigenvalue weighted by Gasteiger charge is 2.04. The molecule has 0 aliphatic rings. The molecule has 2 rings (SSSR count). The summed E-state index contributed by atoms with van der Waals surface area (Å²) in [6, 6.07) is 5.34. The molecule has 2 aromatic rings. The fraction of sp³-hybridized carbons (Fsp3) is 0.250. The lowest BCUT2D eigenvalue weighted by atomic mass is 10.3. The highest BCUT2D eigenvalue weighted by molar-refractivity contribution is 5.37. The number of pyridine rings is 1. The average molecular weight is 230 g/mol. The summed E-state index contributed by atoms with van der Waals surface area (Å²) in [5.41, 5.74) is 8.40. The smallest absolute Gasteiger partial charge is 0.348 e. The summed E-state index contributed by atoms with van der Waals surface area (Å²) < 4.78 is 1.58.